The van der Waals surface area contributed by atoms with Gasteiger partial charge in [-0.15, -0.1) is 0 Å². The molecule has 0 aliphatic carbocycles. The lowest BCUT2D eigenvalue weighted by Crippen LogP contribution is -2.48. The summed E-state index contributed by atoms with van der Waals surface area (Å²) in [5.74, 6) is 0. The first-order chi connectivity index (χ1) is 6.34. The molecule has 1 unspecified atom stereocenters. The molecule has 1 aliphatic heterocycles. The van der Waals surface area contributed by atoms with Gasteiger partial charge in [-0.2, -0.15) is 0 Å². The zero-order valence-corrected chi connectivity index (χ0v) is 10.4. The molecule has 0 radical (unpaired) electrons. The van der Waals surface area contributed by atoms with Gasteiger partial charge in [-0.3, -0.25) is 0 Å². The van der Waals surface area contributed by atoms with Crippen molar-refractivity contribution in [3.8, 4) is 0 Å². The molecule has 1 rings (SSSR count). The maximum atomic E-state index is 3.37. The lowest BCUT2D eigenvalue weighted by molar-refractivity contribution is 0.195. The summed E-state index contributed by atoms with van der Waals surface area (Å²) in [6.45, 7) is 13.8. The van der Waals surface area contributed by atoms with E-state index >= 15 is 0 Å². The van der Waals surface area contributed by atoms with Gasteiger partial charge in [0.1, 0.15) is 0 Å². The first kappa shape index (κ1) is 15.4. The van der Waals surface area contributed by atoms with Gasteiger partial charge in [0, 0.05) is 25.7 Å². The normalized spacial score (nSPS) is 22.2. The molecule has 1 heterocycles. The predicted octanol–water partition coefficient (Wildman–Crippen LogP) is 2.35. The molecule has 0 aromatic carbocycles. The Labute approximate surface area is 84.7 Å². The highest BCUT2D eigenvalue weighted by Crippen LogP contribution is 2.02. The maximum Gasteiger partial charge on any atom is 0.0215 e. The first-order valence-corrected chi connectivity index (χ1v) is 5.75. The van der Waals surface area contributed by atoms with Gasteiger partial charge >= 0.3 is 0 Å². The SMILES string of the molecule is CC.CC.CCC1CNCCN1C. The van der Waals surface area contributed by atoms with Gasteiger partial charge in [-0.05, 0) is 13.5 Å². The van der Waals surface area contributed by atoms with E-state index in [1.807, 2.05) is 27.7 Å². The molecule has 2 nitrogen and oxygen atoms in total. The van der Waals surface area contributed by atoms with Gasteiger partial charge in [-0.1, -0.05) is 34.6 Å². The number of rotatable bonds is 1. The number of likely N-dealkylation sites (N-methyl/N-ethyl adjacent to an activating group) is 1. The predicted molar refractivity (Wildman–Crippen MR) is 62.3 cm³/mol. The molecule has 0 saturated carbocycles. The average molecular weight is 188 g/mol. The third-order valence-corrected chi connectivity index (χ3v) is 2.12. The molecule has 0 spiro atoms. The fourth-order valence-corrected chi connectivity index (χ4v) is 1.32. The summed E-state index contributed by atoms with van der Waals surface area (Å²) < 4.78 is 0. The first-order valence-electron chi connectivity index (χ1n) is 5.75. The highest BCUT2D eigenvalue weighted by molar-refractivity contribution is 4.75. The number of nitrogens with one attached hydrogen (secondary N) is 1. The summed E-state index contributed by atoms with van der Waals surface area (Å²) in [7, 11) is 2.20. The summed E-state index contributed by atoms with van der Waals surface area (Å²) in [6.07, 6.45) is 1.27. The quantitative estimate of drug-likeness (QED) is 0.679. The molecule has 1 fully saturated rings. The Bertz CT molecular complexity index is 84.2. The van der Waals surface area contributed by atoms with Gasteiger partial charge < -0.3 is 10.2 Å². The monoisotopic (exact) mass is 188 g/mol. The van der Waals surface area contributed by atoms with Crippen LogP contribution in [0.2, 0.25) is 0 Å². The fourth-order valence-electron chi connectivity index (χ4n) is 1.32. The van der Waals surface area contributed by atoms with Crippen LogP contribution in [0.5, 0.6) is 0 Å². The van der Waals surface area contributed by atoms with Crippen molar-refractivity contribution in [1.29, 1.82) is 0 Å². The second kappa shape index (κ2) is 11.9. The van der Waals surface area contributed by atoms with E-state index in [9.17, 15) is 0 Å². The van der Waals surface area contributed by atoms with Crippen LogP contribution < -0.4 is 5.32 Å². The van der Waals surface area contributed by atoms with Crippen molar-refractivity contribution in [2.24, 2.45) is 0 Å². The summed E-state index contributed by atoms with van der Waals surface area (Å²) in [4.78, 5) is 2.43. The zero-order valence-electron chi connectivity index (χ0n) is 10.4. The molecule has 0 aromatic heterocycles. The topological polar surface area (TPSA) is 15.3 Å². The van der Waals surface area contributed by atoms with Crippen LogP contribution in [-0.2, 0) is 0 Å². The minimum Gasteiger partial charge on any atom is -0.314 e. The minimum absolute atomic E-state index is 0.777. The Balaban J connectivity index is 0. The van der Waals surface area contributed by atoms with Crippen molar-refractivity contribution in [3.63, 3.8) is 0 Å². The molecule has 1 atom stereocenters. The lowest BCUT2D eigenvalue weighted by Gasteiger charge is -2.32. The number of nitrogens with zero attached hydrogens (tertiary/aromatic N) is 1. The van der Waals surface area contributed by atoms with Crippen molar-refractivity contribution in [3.05, 3.63) is 0 Å². The maximum absolute atomic E-state index is 3.37. The van der Waals surface area contributed by atoms with Gasteiger partial charge in [0.25, 0.3) is 0 Å². The van der Waals surface area contributed by atoms with Crippen molar-refractivity contribution in [1.82, 2.24) is 10.2 Å². The number of piperazine rings is 1. The highest BCUT2D eigenvalue weighted by Gasteiger charge is 2.15. The smallest absolute Gasteiger partial charge is 0.0215 e. The van der Waals surface area contributed by atoms with Crippen LogP contribution in [-0.4, -0.2) is 37.6 Å². The molecule has 0 amide bonds. The standard InChI is InChI=1S/C7H16N2.2C2H6/c1-3-7-6-8-4-5-9(7)2;2*1-2/h7-8H,3-6H2,1-2H3;2*1-2H3. The molecule has 0 aromatic rings. The van der Waals surface area contributed by atoms with Crippen LogP contribution in [0.15, 0.2) is 0 Å². The summed E-state index contributed by atoms with van der Waals surface area (Å²) in [5.41, 5.74) is 0. The molecule has 82 valence electrons. The molecule has 1 N–H and O–H groups in total. The number of hydrogen-bond acceptors (Lipinski definition) is 2. The third-order valence-electron chi connectivity index (χ3n) is 2.12. The van der Waals surface area contributed by atoms with Crippen molar-refractivity contribution in [2.45, 2.75) is 47.1 Å². The van der Waals surface area contributed by atoms with E-state index in [0.29, 0.717) is 0 Å². The van der Waals surface area contributed by atoms with Crippen LogP contribution in [0.4, 0.5) is 0 Å². The Kier molecular flexibility index (Phi) is 14.1. The van der Waals surface area contributed by atoms with Crippen molar-refractivity contribution < 1.29 is 0 Å². The van der Waals surface area contributed by atoms with Gasteiger partial charge in [-0.25, -0.2) is 0 Å². The minimum atomic E-state index is 0.777. The largest absolute Gasteiger partial charge is 0.314 e. The van der Waals surface area contributed by atoms with Gasteiger partial charge in [0.2, 0.25) is 0 Å². The Morgan fingerprint density at radius 3 is 2.08 bits per heavy atom. The van der Waals surface area contributed by atoms with E-state index < -0.39 is 0 Å². The van der Waals surface area contributed by atoms with E-state index in [4.69, 9.17) is 0 Å². The molecule has 1 aliphatic rings. The molecular weight excluding hydrogens is 160 g/mol. The summed E-state index contributed by atoms with van der Waals surface area (Å²) in [5, 5.41) is 3.37. The van der Waals surface area contributed by atoms with Crippen molar-refractivity contribution >= 4 is 0 Å². The van der Waals surface area contributed by atoms with E-state index in [1.165, 1.54) is 19.5 Å². The zero-order chi connectivity index (χ0) is 10.7. The molecule has 2 heteroatoms. The van der Waals surface area contributed by atoms with Crippen molar-refractivity contribution in [2.75, 3.05) is 26.7 Å². The van der Waals surface area contributed by atoms with Crippen LogP contribution in [0, 0.1) is 0 Å². The summed E-state index contributed by atoms with van der Waals surface area (Å²) in [6, 6.07) is 0.777. The van der Waals surface area contributed by atoms with Gasteiger partial charge in [0.05, 0.1) is 0 Å². The summed E-state index contributed by atoms with van der Waals surface area (Å²) >= 11 is 0. The van der Waals surface area contributed by atoms with E-state index in [1.54, 1.807) is 0 Å². The molecule has 13 heavy (non-hydrogen) atoms. The Hall–Kier alpha value is -0.0800. The van der Waals surface area contributed by atoms with E-state index in [-0.39, 0.29) is 0 Å². The van der Waals surface area contributed by atoms with Crippen LogP contribution in [0.1, 0.15) is 41.0 Å². The lowest BCUT2D eigenvalue weighted by atomic mass is 10.1. The Morgan fingerprint density at radius 2 is 1.77 bits per heavy atom. The third kappa shape index (κ3) is 7.03. The second-order valence-corrected chi connectivity index (χ2v) is 2.75. The van der Waals surface area contributed by atoms with E-state index in [2.05, 4.69) is 24.2 Å². The average Bonchev–Trinajstić information content (AvgIpc) is 2.24. The highest BCUT2D eigenvalue weighted by atomic mass is 15.2. The van der Waals surface area contributed by atoms with Crippen LogP contribution >= 0.6 is 0 Å². The van der Waals surface area contributed by atoms with E-state index in [0.717, 1.165) is 12.6 Å². The van der Waals surface area contributed by atoms with Crippen LogP contribution in [0.3, 0.4) is 0 Å². The molecular formula is C11H28N2. The van der Waals surface area contributed by atoms with Gasteiger partial charge in [0.15, 0.2) is 0 Å². The number of hydrogen-bond donors (Lipinski definition) is 1. The Morgan fingerprint density at radius 1 is 1.23 bits per heavy atom. The fraction of sp³-hybridized carbons (Fsp3) is 1.00. The van der Waals surface area contributed by atoms with Crippen LogP contribution in [0.25, 0.3) is 0 Å². The molecule has 0 bridgehead atoms. The second-order valence-electron chi connectivity index (χ2n) is 2.75. The molecule has 1 saturated heterocycles.